The first kappa shape index (κ1) is 18.9. The Morgan fingerprint density at radius 2 is 2.11 bits per heavy atom. The summed E-state index contributed by atoms with van der Waals surface area (Å²) in [6.45, 7) is 3.93. The van der Waals surface area contributed by atoms with Gasteiger partial charge in [-0.3, -0.25) is 19.5 Å². The van der Waals surface area contributed by atoms with Crippen molar-refractivity contribution in [3.8, 4) is 0 Å². The molecule has 2 aromatic rings. The summed E-state index contributed by atoms with van der Waals surface area (Å²) in [5, 5.41) is 3.74. The number of fused-ring (bicyclic) bond motifs is 2. The Labute approximate surface area is 170 Å². The molecule has 0 unspecified atom stereocenters. The fraction of sp³-hybridized carbons (Fsp3) is 0.409. The van der Waals surface area contributed by atoms with Crippen LogP contribution in [-0.2, 0) is 11.2 Å². The monoisotopic (exact) mass is 397 g/mol. The number of benzene rings is 1. The van der Waals surface area contributed by atoms with Crippen LogP contribution in [0.2, 0.25) is 5.02 Å². The molecule has 1 N–H and O–H groups in total. The fourth-order valence-corrected chi connectivity index (χ4v) is 4.63. The molecule has 28 heavy (non-hydrogen) atoms. The van der Waals surface area contributed by atoms with E-state index in [4.69, 9.17) is 11.6 Å². The van der Waals surface area contributed by atoms with Crippen molar-refractivity contribution in [2.24, 2.45) is 0 Å². The quantitative estimate of drug-likeness (QED) is 0.809. The first-order valence-corrected chi connectivity index (χ1v) is 10.3. The minimum Gasteiger partial charge on any atom is -0.349 e. The number of pyridine rings is 1. The Bertz CT molecular complexity index is 943. The van der Waals surface area contributed by atoms with Gasteiger partial charge in [-0.25, -0.2) is 0 Å². The zero-order chi connectivity index (χ0) is 19.8. The molecule has 0 radical (unpaired) electrons. The normalized spacial score (nSPS) is 20.7. The van der Waals surface area contributed by atoms with Gasteiger partial charge in [0.2, 0.25) is 5.91 Å². The zero-order valence-corrected chi connectivity index (χ0v) is 16.9. The smallest absolute Gasteiger partial charge is 0.259 e. The Hall–Kier alpha value is -2.40. The number of nitrogens with one attached hydrogen (secondary N) is 1. The van der Waals surface area contributed by atoms with Gasteiger partial charge < -0.3 is 5.32 Å². The first-order chi connectivity index (χ1) is 13.5. The number of amides is 2. The maximum atomic E-state index is 13.3. The number of rotatable bonds is 4. The van der Waals surface area contributed by atoms with Gasteiger partial charge in [0.05, 0.1) is 24.0 Å². The van der Waals surface area contributed by atoms with Crippen LogP contribution in [0.1, 0.15) is 78.7 Å². The van der Waals surface area contributed by atoms with Crippen molar-refractivity contribution in [3.63, 3.8) is 0 Å². The van der Waals surface area contributed by atoms with Crippen LogP contribution < -0.4 is 10.2 Å². The number of anilines is 1. The number of carbonyl (C=O) groups excluding carboxylic acids is 2. The van der Waals surface area contributed by atoms with Gasteiger partial charge >= 0.3 is 0 Å². The van der Waals surface area contributed by atoms with Gasteiger partial charge in [0, 0.05) is 23.2 Å². The van der Waals surface area contributed by atoms with Crippen LogP contribution in [0.3, 0.4) is 0 Å². The molecule has 0 saturated heterocycles. The van der Waals surface area contributed by atoms with E-state index in [1.807, 2.05) is 30.2 Å². The summed E-state index contributed by atoms with van der Waals surface area (Å²) in [4.78, 5) is 31.5. The molecule has 6 heteroatoms. The van der Waals surface area contributed by atoms with Crippen molar-refractivity contribution < 1.29 is 9.59 Å². The first-order valence-electron chi connectivity index (χ1n) is 9.94. The van der Waals surface area contributed by atoms with Crippen molar-refractivity contribution >= 4 is 29.1 Å². The molecule has 2 atom stereocenters. The van der Waals surface area contributed by atoms with Crippen LogP contribution in [-0.4, -0.2) is 16.8 Å². The van der Waals surface area contributed by atoms with E-state index in [0.717, 1.165) is 48.1 Å². The van der Waals surface area contributed by atoms with Crippen molar-refractivity contribution in [1.29, 1.82) is 0 Å². The van der Waals surface area contributed by atoms with Crippen LogP contribution in [0.15, 0.2) is 30.6 Å². The van der Waals surface area contributed by atoms with E-state index in [-0.39, 0.29) is 23.9 Å². The largest absolute Gasteiger partial charge is 0.349 e. The van der Waals surface area contributed by atoms with Gasteiger partial charge in [-0.2, -0.15) is 0 Å². The van der Waals surface area contributed by atoms with Crippen LogP contribution >= 0.6 is 11.6 Å². The molecule has 1 aliphatic heterocycles. The predicted octanol–water partition coefficient (Wildman–Crippen LogP) is 4.75. The van der Waals surface area contributed by atoms with Crippen molar-refractivity contribution in [3.05, 3.63) is 57.9 Å². The average molecular weight is 398 g/mol. The number of carbonyl (C=O) groups is 2. The van der Waals surface area contributed by atoms with E-state index in [1.54, 1.807) is 12.3 Å². The molecule has 2 amide bonds. The predicted molar refractivity (Wildman–Crippen MR) is 110 cm³/mol. The highest BCUT2D eigenvalue weighted by molar-refractivity contribution is 6.31. The molecule has 1 aliphatic carbocycles. The third-order valence-electron chi connectivity index (χ3n) is 5.80. The fourth-order valence-electron chi connectivity index (χ4n) is 4.45. The molecule has 2 heterocycles. The second-order valence-corrected chi connectivity index (χ2v) is 7.86. The van der Waals surface area contributed by atoms with Crippen molar-refractivity contribution in [2.75, 3.05) is 4.90 Å². The molecule has 2 aliphatic rings. The van der Waals surface area contributed by atoms with Crippen LogP contribution in [0.4, 0.5) is 5.69 Å². The topological polar surface area (TPSA) is 62.3 Å². The molecule has 0 bridgehead atoms. The molecule has 4 rings (SSSR count). The van der Waals surface area contributed by atoms with E-state index >= 15 is 0 Å². The lowest BCUT2D eigenvalue weighted by Gasteiger charge is -2.32. The zero-order valence-electron chi connectivity index (χ0n) is 16.2. The molecular formula is C22H24ClN3O2. The van der Waals surface area contributed by atoms with Gasteiger partial charge in [0.25, 0.3) is 5.91 Å². The lowest BCUT2D eigenvalue weighted by molar-refractivity contribution is -0.121. The van der Waals surface area contributed by atoms with Gasteiger partial charge in [-0.1, -0.05) is 25.4 Å². The van der Waals surface area contributed by atoms with Crippen molar-refractivity contribution in [2.45, 2.75) is 58.0 Å². The second kappa shape index (κ2) is 7.55. The third-order valence-corrected chi connectivity index (χ3v) is 6.03. The minimum atomic E-state index is -0.0555. The Morgan fingerprint density at radius 1 is 1.29 bits per heavy atom. The highest BCUT2D eigenvalue weighted by Crippen LogP contribution is 2.44. The Morgan fingerprint density at radius 3 is 2.86 bits per heavy atom. The van der Waals surface area contributed by atoms with Gasteiger partial charge in [0.15, 0.2) is 0 Å². The summed E-state index contributed by atoms with van der Waals surface area (Å²) in [6, 6.07) is 5.38. The van der Waals surface area contributed by atoms with E-state index < -0.39 is 0 Å². The van der Waals surface area contributed by atoms with Crippen LogP contribution in [0.25, 0.3) is 0 Å². The van der Waals surface area contributed by atoms with Crippen LogP contribution in [0, 0.1) is 0 Å². The lowest BCUT2D eigenvalue weighted by atomic mass is 9.87. The van der Waals surface area contributed by atoms with Gasteiger partial charge in [0.1, 0.15) is 0 Å². The van der Waals surface area contributed by atoms with Gasteiger partial charge in [-0.15, -0.1) is 0 Å². The van der Waals surface area contributed by atoms with E-state index in [1.165, 1.54) is 0 Å². The maximum Gasteiger partial charge on any atom is 0.259 e. The molecular weight excluding hydrogens is 374 g/mol. The summed E-state index contributed by atoms with van der Waals surface area (Å²) >= 11 is 6.20. The number of aromatic nitrogens is 1. The van der Waals surface area contributed by atoms with E-state index in [9.17, 15) is 9.59 Å². The van der Waals surface area contributed by atoms with E-state index in [0.29, 0.717) is 17.0 Å². The molecule has 1 aromatic carbocycles. The van der Waals surface area contributed by atoms with Gasteiger partial charge in [-0.05, 0) is 60.6 Å². The van der Waals surface area contributed by atoms with Crippen molar-refractivity contribution in [1.82, 2.24) is 10.3 Å². The molecule has 0 spiro atoms. The number of hydrogen-bond donors (Lipinski definition) is 1. The summed E-state index contributed by atoms with van der Waals surface area (Å²) in [6.07, 6.45) is 7.61. The number of hydrogen-bond acceptors (Lipinski definition) is 3. The Kier molecular flexibility index (Phi) is 5.11. The molecule has 146 valence electrons. The highest BCUT2D eigenvalue weighted by atomic mass is 35.5. The summed E-state index contributed by atoms with van der Waals surface area (Å²) < 4.78 is 0. The highest BCUT2D eigenvalue weighted by Gasteiger charge is 2.39. The standard InChI is InChI=1S/C22H24ClN3O2/c1-3-19-16-10-13(23)8-9-15(16)22(28)26(19)20-12-24-11-17-14(20)6-5-7-18(17)25-21(27)4-2/h8-12,18-19H,3-7H2,1-2H3,(H,25,27)/t18-,19-/m0/s1. The second-order valence-electron chi connectivity index (χ2n) is 7.42. The molecule has 1 aromatic heterocycles. The number of halogens is 1. The number of nitrogens with zero attached hydrogens (tertiary/aromatic N) is 2. The SMILES string of the molecule is CCC(=O)N[C@H]1CCCc2c1cncc2N1C(=O)c2ccc(Cl)cc2[C@@H]1CC. The summed E-state index contributed by atoms with van der Waals surface area (Å²) in [5.74, 6) is 0.0300. The average Bonchev–Trinajstić information content (AvgIpc) is 2.98. The lowest BCUT2D eigenvalue weighted by Crippen LogP contribution is -2.33. The summed E-state index contributed by atoms with van der Waals surface area (Å²) in [5.41, 5.74) is 4.69. The summed E-state index contributed by atoms with van der Waals surface area (Å²) in [7, 11) is 0. The molecule has 0 saturated carbocycles. The molecule has 0 fully saturated rings. The van der Waals surface area contributed by atoms with Crippen LogP contribution in [0.5, 0.6) is 0 Å². The maximum absolute atomic E-state index is 13.3. The Balaban J connectivity index is 1.77. The third kappa shape index (κ3) is 3.08. The molecule has 5 nitrogen and oxygen atoms in total. The minimum absolute atomic E-state index is 0.00608. The van der Waals surface area contributed by atoms with E-state index in [2.05, 4.69) is 17.2 Å².